The Kier molecular flexibility index (Phi) is 6.01. The second kappa shape index (κ2) is 8.64. The van der Waals surface area contributed by atoms with Crippen LogP contribution in [0.25, 0.3) is 0 Å². The molecule has 2 amide bonds. The van der Waals surface area contributed by atoms with E-state index in [1.807, 2.05) is 0 Å². The molecule has 0 saturated heterocycles. The zero-order valence-corrected chi connectivity index (χ0v) is 16.4. The van der Waals surface area contributed by atoms with Gasteiger partial charge in [0.25, 0.3) is 0 Å². The van der Waals surface area contributed by atoms with Crippen molar-refractivity contribution in [3.8, 4) is 11.5 Å². The molecular weight excluding hydrogens is 376 g/mol. The maximum atomic E-state index is 12.5. The van der Waals surface area contributed by atoms with E-state index in [2.05, 4.69) is 15.4 Å². The molecule has 29 heavy (non-hydrogen) atoms. The molecule has 0 aliphatic heterocycles. The fourth-order valence-corrected chi connectivity index (χ4v) is 2.99. The maximum absolute atomic E-state index is 12.5. The van der Waals surface area contributed by atoms with Gasteiger partial charge in [0, 0.05) is 11.8 Å². The number of amides is 2. The molecule has 3 rings (SSSR count). The summed E-state index contributed by atoms with van der Waals surface area (Å²) in [7, 11) is 4.33. The summed E-state index contributed by atoms with van der Waals surface area (Å²) in [6.07, 6.45) is 0.445. The average Bonchev–Trinajstić information content (AvgIpc) is 3.54. The van der Waals surface area contributed by atoms with Crippen molar-refractivity contribution in [1.82, 2.24) is 0 Å². The van der Waals surface area contributed by atoms with Gasteiger partial charge < -0.3 is 24.8 Å². The molecule has 1 aliphatic carbocycles. The first kappa shape index (κ1) is 20.2. The Hall–Kier alpha value is -3.55. The van der Waals surface area contributed by atoms with Crippen LogP contribution in [0.3, 0.4) is 0 Å². The van der Waals surface area contributed by atoms with E-state index in [9.17, 15) is 14.4 Å². The highest BCUT2D eigenvalue weighted by Gasteiger charge is 2.48. The SMILES string of the molecule is COC(=O)c1cccc(NC(=O)C2CC2C(=O)Nc2cc(OC)ccc2OC)c1. The van der Waals surface area contributed by atoms with Gasteiger partial charge in [-0.05, 0) is 36.8 Å². The van der Waals surface area contributed by atoms with Gasteiger partial charge in [-0.2, -0.15) is 0 Å². The van der Waals surface area contributed by atoms with Crippen LogP contribution in [0.4, 0.5) is 11.4 Å². The Morgan fingerprint density at radius 1 is 0.897 bits per heavy atom. The van der Waals surface area contributed by atoms with E-state index in [1.165, 1.54) is 27.4 Å². The highest BCUT2D eigenvalue weighted by Crippen LogP contribution is 2.41. The Bertz CT molecular complexity index is 943. The van der Waals surface area contributed by atoms with Crippen LogP contribution >= 0.6 is 0 Å². The first-order valence-corrected chi connectivity index (χ1v) is 8.99. The largest absolute Gasteiger partial charge is 0.497 e. The summed E-state index contributed by atoms with van der Waals surface area (Å²) in [4.78, 5) is 36.6. The first-order chi connectivity index (χ1) is 14.0. The first-order valence-electron chi connectivity index (χ1n) is 8.99. The van der Waals surface area contributed by atoms with Crippen molar-refractivity contribution in [1.29, 1.82) is 0 Å². The van der Waals surface area contributed by atoms with Crippen molar-refractivity contribution in [3.63, 3.8) is 0 Å². The predicted octanol–water partition coefficient (Wildman–Crippen LogP) is 2.70. The minimum Gasteiger partial charge on any atom is -0.497 e. The number of benzene rings is 2. The molecule has 8 heteroatoms. The lowest BCUT2D eigenvalue weighted by atomic mass is 10.2. The fraction of sp³-hybridized carbons (Fsp3) is 0.286. The normalized spacial score (nSPS) is 17.1. The Morgan fingerprint density at radius 3 is 2.28 bits per heavy atom. The van der Waals surface area contributed by atoms with Crippen molar-refractivity contribution < 1.29 is 28.6 Å². The fourth-order valence-electron chi connectivity index (χ4n) is 2.99. The van der Waals surface area contributed by atoms with Crippen molar-refractivity contribution in [2.45, 2.75) is 6.42 Å². The number of nitrogens with one attached hydrogen (secondary N) is 2. The van der Waals surface area contributed by atoms with Gasteiger partial charge in [-0.15, -0.1) is 0 Å². The molecule has 1 aliphatic rings. The van der Waals surface area contributed by atoms with Gasteiger partial charge in [0.15, 0.2) is 0 Å². The molecular formula is C21H22N2O6. The third kappa shape index (κ3) is 4.66. The number of carbonyl (C=O) groups excluding carboxylic acids is 3. The van der Waals surface area contributed by atoms with E-state index in [1.54, 1.807) is 36.4 Å². The second-order valence-electron chi connectivity index (χ2n) is 6.57. The molecule has 152 valence electrons. The van der Waals surface area contributed by atoms with Gasteiger partial charge >= 0.3 is 5.97 Å². The highest BCUT2D eigenvalue weighted by molar-refractivity contribution is 6.04. The molecule has 0 aromatic heterocycles. The van der Waals surface area contributed by atoms with Crippen LogP contribution in [0, 0.1) is 11.8 Å². The quantitative estimate of drug-likeness (QED) is 0.695. The standard InChI is InChI=1S/C21H22N2O6/c1-27-14-7-8-18(28-2)17(10-14)23-20(25)16-11-15(16)19(24)22-13-6-4-5-12(9-13)21(26)29-3/h4-10,15-16H,11H2,1-3H3,(H,22,24)(H,23,25). The Labute approximate surface area is 168 Å². The van der Waals surface area contributed by atoms with Gasteiger partial charge in [0.05, 0.1) is 44.4 Å². The van der Waals surface area contributed by atoms with Crippen molar-refractivity contribution in [2.75, 3.05) is 32.0 Å². The Morgan fingerprint density at radius 2 is 1.62 bits per heavy atom. The smallest absolute Gasteiger partial charge is 0.337 e. The molecule has 2 atom stereocenters. The summed E-state index contributed by atoms with van der Waals surface area (Å²) >= 11 is 0. The Balaban J connectivity index is 1.61. The molecule has 1 saturated carbocycles. The van der Waals surface area contributed by atoms with Crippen LogP contribution in [0.1, 0.15) is 16.8 Å². The molecule has 1 fully saturated rings. The second-order valence-corrected chi connectivity index (χ2v) is 6.57. The molecule has 2 unspecified atom stereocenters. The summed E-state index contributed by atoms with van der Waals surface area (Å²) in [5.41, 5.74) is 1.28. The van der Waals surface area contributed by atoms with Crippen molar-refractivity contribution in [3.05, 3.63) is 48.0 Å². The lowest BCUT2D eigenvalue weighted by Crippen LogP contribution is -2.21. The van der Waals surface area contributed by atoms with Crippen LogP contribution in [-0.2, 0) is 14.3 Å². The zero-order valence-electron chi connectivity index (χ0n) is 16.4. The lowest BCUT2D eigenvalue weighted by Gasteiger charge is -2.12. The van der Waals surface area contributed by atoms with E-state index >= 15 is 0 Å². The van der Waals surface area contributed by atoms with Gasteiger partial charge in [0.2, 0.25) is 11.8 Å². The number of ether oxygens (including phenoxy) is 3. The van der Waals surface area contributed by atoms with Crippen molar-refractivity contribution in [2.24, 2.45) is 11.8 Å². The number of esters is 1. The molecule has 2 N–H and O–H groups in total. The monoisotopic (exact) mass is 398 g/mol. The molecule has 0 heterocycles. The van der Waals surface area contributed by atoms with Crippen LogP contribution in [0.15, 0.2) is 42.5 Å². The predicted molar refractivity (Wildman–Crippen MR) is 106 cm³/mol. The lowest BCUT2D eigenvalue weighted by molar-refractivity contribution is -0.122. The number of carbonyl (C=O) groups is 3. The average molecular weight is 398 g/mol. The van der Waals surface area contributed by atoms with E-state index in [4.69, 9.17) is 9.47 Å². The van der Waals surface area contributed by atoms with Gasteiger partial charge in [-0.3, -0.25) is 9.59 Å². The number of methoxy groups -OCH3 is 3. The number of anilines is 2. The number of hydrogen-bond donors (Lipinski definition) is 2. The number of rotatable bonds is 7. The van der Waals surface area contributed by atoms with Gasteiger partial charge in [-0.1, -0.05) is 6.07 Å². The molecule has 0 bridgehead atoms. The summed E-state index contributed by atoms with van der Waals surface area (Å²) < 4.78 is 15.1. The minimum atomic E-state index is -0.489. The molecule has 8 nitrogen and oxygen atoms in total. The minimum absolute atomic E-state index is 0.264. The van der Waals surface area contributed by atoms with Crippen LogP contribution in [-0.4, -0.2) is 39.1 Å². The van der Waals surface area contributed by atoms with Crippen LogP contribution in [0.5, 0.6) is 11.5 Å². The summed E-state index contributed by atoms with van der Waals surface area (Å²) in [5, 5.41) is 5.53. The van der Waals surface area contributed by atoms with Crippen molar-refractivity contribution >= 4 is 29.2 Å². The zero-order chi connectivity index (χ0) is 21.0. The van der Waals surface area contributed by atoms with E-state index in [0.29, 0.717) is 34.9 Å². The maximum Gasteiger partial charge on any atom is 0.337 e. The van der Waals surface area contributed by atoms with Crippen LogP contribution < -0.4 is 20.1 Å². The molecule has 2 aromatic carbocycles. The van der Waals surface area contributed by atoms with E-state index < -0.39 is 17.8 Å². The van der Waals surface area contributed by atoms with Crippen LogP contribution in [0.2, 0.25) is 0 Å². The molecule has 0 radical (unpaired) electrons. The van der Waals surface area contributed by atoms with E-state index in [-0.39, 0.29) is 11.8 Å². The highest BCUT2D eigenvalue weighted by atomic mass is 16.5. The van der Waals surface area contributed by atoms with Gasteiger partial charge in [-0.25, -0.2) is 4.79 Å². The third-order valence-corrected chi connectivity index (χ3v) is 4.68. The van der Waals surface area contributed by atoms with Gasteiger partial charge in [0.1, 0.15) is 11.5 Å². The molecule has 0 spiro atoms. The molecule has 2 aromatic rings. The summed E-state index contributed by atoms with van der Waals surface area (Å²) in [5.74, 6) is -0.818. The number of hydrogen-bond acceptors (Lipinski definition) is 6. The third-order valence-electron chi connectivity index (χ3n) is 4.68. The summed E-state index contributed by atoms with van der Waals surface area (Å²) in [6, 6.07) is 11.5. The topological polar surface area (TPSA) is 103 Å². The van der Waals surface area contributed by atoms with E-state index in [0.717, 1.165) is 0 Å². The summed E-state index contributed by atoms with van der Waals surface area (Å²) in [6.45, 7) is 0.